The Balaban J connectivity index is 5.72. The Morgan fingerprint density at radius 3 is 1.02 bits per heavy atom. The van der Waals surface area contributed by atoms with Crippen LogP contribution in [-0.2, 0) is 52.2 Å². The third kappa shape index (κ3) is 19.0. The van der Waals surface area contributed by atoms with E-state index in [0.717, 1.165) is 83.5 Å². The third-order valence-corrected chi connectivity index (χ3v) is 12.4. The molecule has 0 spiro atoms. The van der Waals surface area contributed by atoms with Gasteiger partial charge in [-0.3, -0.25) is 0 Å². The summed E-state index contributed by atoms with van der Waals surface area (Å²) in [5, 5.41) is 0. The van der Waals surface area contributed by atoms with Crippen LogP contribution in [0.2, 0.25) is 4.44 Å². The van der Waals surface area contributed by atoms with E-state index in [2.05, 4.69) is 21.1 Å². The zero-order valence-corrected chi connectivity index (χ0v) is 26.5. The molecule has 12 nitrogen and oxygen atoms in total. The Bertz CT molecular complexity index is 825. The van der Waals surface area contributed by atoms with Crippen LogP contribution in [0.5, 0.6) is 0 Å². The summed E-state index contributed by atoms with van der Waals surface area (Å²) in [6, 6.07) is 0. The van der Waals surface area contributed by atoms with E-state index in [1.165, 1.54) is 25.7 Å². The molecule has 0 saturated heterocycles. The maximum atomic E-state index is 12.5. The number of methoxy groups -OCH3 is 3. The molecule has 40 heavy (non-hydrogen) atoms. The predicted molar refractivity (Wildman–Crippen MR) is 144 cm³/mol. The van der Waals surface area contributed by atoms with E-state index in [1.807, 2.05) is 0 Å². The van der Waals surface area contributed by atoms with Crippen LogP contribution in [0.1, 0.15) is 71.1 Å². The van der Waals surface area contributed by atoms with Crippen LogP contribution in [0.3, 0.4) is 0 Å². The monoisotopic (exact) mass is 676 g/mol. The molecule has 0 heterocycles. The van der Waals surface area contributed by atoms with Gasteiger partial charge in [0, 0.05) is 0 Å². The number of carbonyl (C=O) groups is 6. The summed E-state index contributed by atoms with van der Waals surface area (Å²) in [6.07, 6.45) is 14.5. The van der Waals surface area contributed by atoms with Gasteiger partial charge in [0.05, 0.1) is 0 Å². The van der Waals surface area contributed by atoms with Crippen molar-refractivity contribution in [2.45, 2.75) is 75.6 Å². The molecule has 0 aromatic carbocycles. The standard InChI is InChI=1S/C12H25.3C5H6O4.Sn/c1-3-5-7-9-11-12-10-8-6-4-2;3*1-9-5(8)3-2-4(6)7;/h1,3-12H2,2H3;3*2-3H,1H3,(H,6,7);/q;;;;+3/p-3/b;2*3-2-;;. The van der Waals surface area contributed by atoms with Crippen molar-refractivity contribution >= 4 is 55.4 Å². The van der Waals surface area contributed by atoms with Crippen molar-refractivity contribution in [2.75, 3.05) is 21.3 Å². The molecule has 0 rings (SSSR count). The summed E-state index contributed by atoms with van der Waals surface area (Å²) in [5.74, 6) is -5.86. The second-order valence-corrected chi connectivity index (χ2v) is 15.5. The maximum absolute atomic E-state index is 12.5. The third-order valence-electron chi connectivity index (χ3n) is 5.27. The number of esters is 3. The summed E-state index contributed by atoms with van der Waals surface area (Å²) in [4.78, 5) is 71.7. The molecule has 0 aromatic heterocycles. The molecule has 0 N–H and O–H groups in total. The van der Waals surface area contributed by atoms with Crippen molar-refractivity contribution in [3.8, 4) is 0 Å². The summed E-state index contributed by atoms with van der Waals surface area (Å²) >= 11 is -5.45. The van der Waals surface area contributed by atoms with E-state index in [0.29, 0.717) is 12.8 Å². The molecular weight excluding hydrogens is 635 g/mol. The van der Waals surface area contributed by atoms with E-state index >= 15 is 0 Å². The second-order valence-electron chi connectivity index (χ2n) is 8.45. The molecule has 0 radical (unpaired) electrons. The van der Waals surface area contributed by atoms with Crippen molar-refractivity contribution < 1.29 is 52.2 Å². The molecule has 0 bridgehead atoms. The van der Waals surface area contributed by atoms with Gasteiger partial charge in [0.1, 0.15) is 0 Å². The molecule has 0 amide bonds. The van der Waals surface area contributed by atoms with Crippen molar-refractivity contribution in [1.82, 2.24) is 0 Å². The summed E-state index contributed by atoms with van der Waals surface area (Å²) < 4.78 is 29.5. The molecule has 0 aromatic rings. The van der Waals surface area contributed by atoms with Gasteiger partial charge in [0.2, 0.25) is 0 Å². The van der Waals surface area contributed by atoms with Crippen LogP contribution in [0.25, 0.3) is 0 Å². The molecule has 224 valence electrons. The molecule has 0 saturated carbocycles. The van der Waals surface area contributed by atoms with Gasteiger partial charge < -0.3 is 0 Å². The van der Waals surface area contributed by atoms with Crippen molar-refractivity contribution in [3.05, 3.63) is 36.5 Å². The number of ether oxygens (including phenoxy) is 3. The molecule has 0 atom stereocenters. The van der Waals surface area contributed by atoms with Gasteiger partial charge in [-0.1, -0.05) is 0 Å². The summed E-state index contributed by atoms with van der Waals surface area (Å²) in [6.45, 7) is 2.16. The van der Waals surface area contributed by atoms with Gasteiger partial charge in [-0.2, -0.15) is 0 Å². The average Bonchev–Trinajstić information content (AvgIpc) is 2.94. The molecular formula is C27H40O12Sn. The first-order valence-electron chi connectivity index (χ1n) is 13.1. The Morgan fingerprint density at radius 2 is 0.725 bits per heavy atom. The Kier molecular flexibility index (Phi) is 20.8. The number of unbranched alkanes of at least 4 members (excludes halogenated alkanes) is 9. The number of hydrogen-bond donors (Lipinski definition) is 0. The van der Waals surface area contributed by atoms with Crippen LogP contribution in [0, 0.1) is 0 Å². The van der Waals surface area contributed by atoms with Crippen LogP contribution < -0.4 is 0 Å². The first-order chi connectivity index (χ1) is 19.1. The molecule has 13 heteroatoms. The van der Waals surface area contributed by atoms with Crippen LogP contribution >= 0.6 is 0 Å². The average molecular weight is 675 g/mol. The molecule has 0 aliphatic heterocycles. The first-order valence-corrected chi connectivity index (χ1v) is 18.6. The minimum absolute atomic E-state index is 0.0708. The van der Waals surface area contributed by atoms with E-state index in [9.17, 15) is 28.8 Å². The normalized spacial score (nSPS) is 11.4. The van der Waals surface area contributed by atoms with Crippen molar-refractivity contribution in [2.24, 2.45) is 0 Å². The van der Waals surface area contributed by atoms with E-state index < -0.39 is 55.4 Å². The zero-order valence-electron chi connectivity index (χ0n) is 23.6. The Labute approximate surface area is 240 Å². The fourth-order valence-corrected chi connectivity index (χ4v) is 9.61. The van der Waals surface area contributed by atoms with Crippen LogP contribution in [0.4, 0.5) is 0 Å². The fraction of sp³-hybridized carbons (Fsp3) is 0.556. The van der Waals surface area contributed by atoms with Gasteiger partial charge in [-0.25, -0.2) is 0 Å². The minimum atomic E-state index is -5.45. The van der Waals surface area contributed by atoms with Gasteiger partial charge in [0.25, 0.3) is 0 Å². The second kappa shape index (κ2) is 22.6. The van der Waals surface area contributed by atoms with Crippen LogP contribution in [-0.4, -0.2) is 76.8 Å². The van der Waals surface area contributed by atoms with E-state index in [4.69, 9.17) is 9.22 Å². The van der Waals surface area contributed by atoms with Gasteiger partial charge in [0.15, 0.2) is 0 Å². The Hall–Kier alpha value is -3.16. The van der Waals surface area contributed by atoms with Gasteiger partial charge in [-0.15, -0.1) is 0 Å². The number of rotatable bonds is 20. The number of carbonyl (C=O) groups excluding carboxylic acids is 6. The van der Waals surface area contributed by atoms with Gasteiger partial charge in [-0.05, 0) is 0 Å². The molecule has 0 fully saturated rings. The SMILES string of the molecule is CCCCCCCCCCC[CH2][Sn]([O]C(=O)C=CC(=O)OC)([O]C(=O)/C=C\C(=O)OC)[O]C(=O)/C=C\C(=O)OC. The fourth-order valence-electron chi connectivity index (χ4n) is 3.22. The van der Waals surface area contributed by atoms with Crippen LogP contribution in [0.15, 0.2) is 36.5 Å². The summed E-state index contributed by atoms with van der Waals surface area (Å²) in [7, 11) is 3.33. The number of hydrogen-bond acceptors (Lipinski definition) is 12. The quantitative estimate of drug-likeness (QED) is 0.0608. The molecule has 0 aliphatic carbocycles. The zero-order chi connectivity index (χ0) is 30.2. The Morgan fingerprint density at radius 1 is 0.450 bits per heavy atom. The van der Waals surface area contributed by atoms with Crippen molar-refractivity contribution in [3.63, 3.8) is 0 Å². The first kappa shape index (κ1) is 36.8. The van der Waals surface area contributed by atoms with E-state index in [1.54, 1.807) is 0 Å². The van der Waals surface area contributed by atoms with E-state index in [-0.39, 0.29) is 4.44 Å². The topological polar surface area (TPSA) is 158 Å². The molecule has 0 aliphatic rings. The predicted octanol–water partition coefficient (Wildman–Crippen LogP) is 3.66. The van der Waals surface area contributed by atoms with Gasteiger partial charge >= 0.3 is 241 Å². The molecule has 0 unspecified atom stereocenters. The summed E-state index contributed by atoms with van der Waals surface area (Å²) in [5.41, 5.74) is 0. The van der Waals surface area contributed by atoms with Crippen molar-refractivity contribution in [1.29, 1.82) is 0 Å².